The first kappa shape index (κ1) is 9.17. The molecule has 2 heterocycles. The predicted molar refractivity (Wildman–Crippen MR) is 56.2 cm³/mol. The van der Waals surface area contributed by atoms with E-state index >= 15 is 0 Å². The molecule has 0 N–H and O–H groups in total. The highest BCUT2D eigenvalue weighted by atomic mass is 16.5. The summed E-state index contributed by atoms with van der Waals surface area (Å²) < 4.78 is 5.23. The monoisotopic (exact) mass is 195 g/mol. The zero-order valence-electron chi connectivity index (χ0n) is 9.33. The number of ether oxygens (including phenoxy) is 1. The lowest BCUT2D eigenvalue weighted by atomic mass is 9.55. The Hall–Kier alpha value is -0.0800. The molecule has 14 heavy (non-hydrogen) atoms. The van der Waals surface area contributed by atoms with Crippen molar-refractivity contribution in [3.8, 4) is 0 Å². The minimum atomic E-state index is 0.754. The molecule has 3 fully saturated rings. The molecule has 1 spiro atoms. The molecule has 80 valence electrons. The largest absolute Gasteiger partial charge is 0.378 e. The van der Waals surface area contributed by atoms with Crippen molar-refractivity contribution in [1.82, 2.24) is 4.90 Å². The highest BCUT2D eigenvalue weighted by molar-refractivity contribution is 5.06. The van der Waals surface area contributed by atoms with Gasteiger partial charge in [-0.05, 0) is 30.1 Å². The predicted octanol–water partition coefficient (Wildman–Crippen LogP) is 1.75. The van der Waals surface area contributed by atoms with Crippen molar-refractivity contribution >= 4 is 0 Å². The van der Waals surface area contributed by atoms with E-state index in [1.807, 2.05) is 0 Å². The molecule has 2 aliphatic heterocycles. The van der Waals surface area contributed by atoms with Crippen molar-refractivity contribution in [2.24, 2.45) is 17.3 Å². The fourth-order valence-corrected chi connectivity index (χ4v) is 3.29. The van der Waals surface area contributed by atoms with Crippen LogP contribution in [0.2, 0.25) is 0 Å². The van der Waals surface area contributed by atoms with Crippen LogP contribution in [0.4, 0.5) is 0 Å². The normalized spacial score (nSPS) is 32.8. The smallest absolute Gasteiger partial charge is 0.0645 e. The molecule has 0 unspecified atom stereocenters. The summed E-state index contributed by atoms with van der Waals surface area (Å²) in [4.78, 5) is 2.63. The van der Waals surface area contributed by atoms with Crippen molar-refractivity contribution in [2.75, 3.05) is 26.3 Å². The lowest BCUT2D eigenvalue weighted by molar-refractivity contribution is -0.172. The second kappa shape index (κ2) is 2.96. The van der Waals surface area contributed by atoms with Crippen LogP contribution in [0.5, 0.6) is 0 Å². The van der Waals surface area contributed by atoms with Gasteiger partial charge in [-0.15, -0.1) is 0 Å². The van der Waals surface area contributed by atoms with E-state index in [9.17, 15) is 0 Å². The van der Waals surface area contributed by atoms with Crippen LogP contribution < -0.4 is 0 Å². The van der Waals surface area contributed by atoms with Crippen molar-refractivity contribution in [1.29, 1.82) is 0 Å². The highest BCUT2D eigenvalue weighted by Crippen LogP contribution is 2.54. The molecule has 0 aromatic carbocycles. The molecule has 1 saturated carbocycles. The van der Waals surface area contributed by atoms with Gasteiger partial charge < -0.3 is 4.74 Å². The molecule has 0 amide bonds. The Morgan fingerprint density at radius 3 is 2.29 bits per heavy atom. The lowest BCUT2D eigenvalue weighted by Gasteiger charge is -2.63. The second-order valence-corrected chi connectivity index (χ2v) is 6.01. The fraction of sp³-hybridized carbons (Fsp3) is 1.00. The molecule has 0 aromatic heterocycles. The van der Waals surface area contributed by atoms with E-state index in [2.05, 4.69) is 18.7 Å². The van der Waals surface area contributed by atoms with Gasteiger partial charge in [0.1, 0.15) is 0 Å². The van der Waals surface area contributed by atoms with Crippen LogP contribution in [0.3, 0.4) is 0 Å². The summed E-state index contributed by atoms with van der Waals surface area (Å²) >= 11 is 0. The van der Waals surface area contributed by atoms with E-state index in [4.69, 9.17) is 4.74 Å². The lowest BCUT2D eigenvalue weighted by Crippen LogP contribution is -2.68. The summed E-state index contributed by atoms with van der Waals surface area (Å²) in [7, 11) is 0. The van der Waals surface area contributed by atoms with Gasteiger partial charge in [0.15, 0.2) is 0 Å². The molecule has 0 atom stereocenters. The first-order valence-electron chi connectivity index (χ1n) is 6.00. The quantitative estimate of drug-likeness (QED) is 0.665. The van der Waals surface area contributed by atoms with Crippen LogP contribution in [0, 0.1) is 17.3 Å². The van der Waals surface area contributed by atoms with Crippen molar-refractivity contribution in [3.63, 3.8) is 0 Å². The van der Waals surface area contributed by atoms with E-state index in [0.29, 0.717) is 0 Å². The molecule has 2 nitrogen and oxygen atoms in total. The Kier molecular flexibility index (Phi) is 1.94. The summed E-state index contributed by atoms with van der Waals surface area (Å²) in [6, 6.07) is 0.777. The van der Waals surface area contributed by atoms with Gasteiger partial charge in [-0.2, -0.15) is 0 Å². The van der Waals surface area contributed by atoms with E-state index in [-0.39, 0.29) is 0 Å². The summed E-state index contributed by atoms with van der Waals surface area (Å²) in [6.45, 7) is 9.45. The molecule has 0 bridgehead atoms. The summed E-state index contributed by atoms with van der Waals surface area (Å²) in [6.07, 6.45) is 2.99. The van der Waals surface area contributed by atoms with Gasteiger partial charge in [0.05, 0.1) is 19.3 Å². The van der Waals surface area contributed by atoms with Crippen molar-refractivity contribution in [2.45, 2.75) is 32.7 Å². The molecule has 3 aliphatic rings. The third kappa shape index (κ3) is 1.24. The van der Waals surface area contributed by atoms with Crippen molar-refractivity contribution in [3.05, 3.63) is 0 Å². The number of hydrogen-bond donors (Lipinski definition) is 0. The highest BCUT2D eigenvalue weighted by Gasteiger charge is 2.54. The van der Waals surface area contributed by atoms with Crippen LogP contribution >= 0.6 is 0 Å². The topological polar surface area (TPSA) is 12.5 Å². The first-order chi connectivity index (χ1) is 6.69. The molecule has 1 aliphatic carbocycles. The Balaban J connectivity index is 1.46. The first-order valence-corrected chi connectivity index (χ1v) is 6.00. The molecular formula is C12H21NO. The average Bonchev–Trinajstić information content (AvgIpc) is 1.85. The minimum absolute atomic E-state index is 0.754. The minimum Gasteiger partial charge on any atom is -0.378 e. The van der Waals surface area contributed by atoms with Crippen LogP contribution in [0.1, 0.15) is 26.7 Å². The molecule has 2 heteroatoms. The van der Waals surface area contributed by atoms with Gasteiger partial charge in [-0.3, -0.25) is 4.90 Å². The third-order valence-electron chi connectivity index (χ3n) is 4.55. The summed E-state index contributed by atoms with van der Waals surface area (Å²) in [5, 5.41) is 0. The SMILES string of the molecule is CC(C)C1CC2(C1)CN(C1COC1)C2. The zero-order valence-corrected chi connectivity index (χ0v) is 9.33. The number of rotatable bonds is 2. The standard InChI is InChI=1S/C12H21NO/c1-9(2)10-3-12(4-10)7-13(8-12)11-5-14-6-11/h9-11H,3-8H2,1-2H3. The Bertz CT molecular complexity index is 220. The number of hydrogen-bond acceptors (Lipinski definition) is 2. The molecule has 0 radical (unpaired) electrons. The Morgan fingerprint density at radius 1 is 1.21 bits per heavy atom. The van der Waals surface area contributed by atoms with Gasteiger partial charge in [0, 0.05) is 13.1 Å². The van der Waals surface area contributed by atoms with Crippen LogP contribution in [-0.4, -0.2) is 37.2 Å². The maximum atomic E-state index is 5.23. The van der Waals surface area contributed by atoms with E-state index in [1.54, 1.807) is 0 Å². The van der Waals surface area contributed by atoms with Crippen molar-refractivity contribution < 1.29 is 4.74 Å². The fourth-order valence-electron chi connectivity index (χ4n) is 3.29. The molecule has 2 saturated heterocycles. The summed E-state index contributed by atoms with van der Waals surface area (Å²) in [5.41, 5.74) is 0.754. The zero-order chi connectivity index (χ0) is 9.76. The molecular weight excluding hydrogens is 174 g/mol. The van der Waals surface area contributed by atoms with Gasteiger partial charge in [-0.25, -0.2) is 0 Å². The Labute approximate surface area is 86.6 Å². The van der Waals surface area contributed by atoms with Crippen LogP contribution in [-0.2, 0) is 4.74 Å². The molecule has 0 aromatic rings. The number of likely N-dealkylation sites (tertiary alicyclic amines) is 1. The van der Waals surface area contributed by atoms with E-state index in [0.717, 1.165) is 36.5 Å². The van der Waals surface area contributed by atoms with Crippen LogP contribution in [0.25, 0.3) is 0 Å². The second-order valence-electron chi connectivity index (χ2n) is 6.01. The average molecular weight is 195 g/mol. The van der Waals surface area contributed by atoms with E-state index in [1.165, 1.54) is 25.9 Å². The van der Waals surface area contributed by atoms with E-state index < -0.39 is 0 Å². The summed E-state index contributed by atoms with van der Waals surface area (Å²) in [5.74, 6) is 1.93. The van der Waals surface area contributed by atoms with Gasteiger partial charge in [0.2, 0.25) is 0 Å². The van der Waals surface area contributed by atoms with Gasteiger partial charge >= 0.3 is 0 Å². The third-order valence-corrected chi connectivity index (χ3v) is 4.55. The molecule has 3 rings (SSSR count). The van der Waals surface area contributed by atoms with Gasteiger partial charge in [0.25, 0.3) is 0 Å². The number of nitrogens with zero attached hydrogens (tertiary/aromatic N) is 1. The Morgan fingerprint density at radius 2 is 1.86 bits per heavy atom. The maximum absolute atomic E-state index is 5.23. The maximum Gasteiger partial charge on any atom is 0.0645 e. The van der Waals surface area contributed by atoms with Crippen LogP contribution in [0.15, 0.2) is 0 Å². The van der Waals surface area contributed by atoms with Gasteiger partial charge in [-0.1, -0.05) is 13.8 Å².